The summed E-state index contributed by atoms with van der Waals surface area (Å²) in [4.78, 5) is 22.9. The molecule has 0 fully saturated rings. The van der Waals surface area contributed by atoms with E-state index in [-0.39, 0.29) is 18.0 Å². The molecule has 0 saturated carbocycles. The molecule has 0 atom stereocenters. The highest BCUT2D eigenvalue weighted by Gasteiger charge is 2.11. The Hall–Kier alpha value is -2.49. The Morgan fingerprint density at radius 2 is 1.70 bits per heavy atom. The second-order valence-corrected chi connectivity index (χ2v) is 4.27. The number of hydrogen-bond acceptors (Lipinski definition) is 3. The highest BCUT2D eigenvalue weighted by molar-refractivity contribution is 5.97. The number of rotatable bonds is 5. The van der Waals surface area contributed by atoms with Crippen molar-refractivity contribution in [2.75, 3.05) is 6.61 Å². The van der Waals surface area contributed by atoms with Gasteiger partial charge >= 0.3 is 0 Å². The van der Waals surface area contributed by atoms with Crippen molar-refractivity contribution in [1.82, 2.24) is 0 Å². The fourth-order valence-electron chi connectivity index (χ4n) is 1.70. The fraction of sp³-hybridized carbons (Fsp3) is 0.125. The fourth-order valence-corrected chi connectivity index (χ4v) is 1.70. The summed E-state index contributed by atoms with van der Waals surface area (Å²) in [7, 11) is 0. The van der Waals surface area contributed by atoms with Crippen LogP contribution >= 0.6 is 0 Å². The van der Waals surface area contributed by atoms with Crippen LogP contribution in [-0.2, 0) is 0 Å². The van der Waals surface area contributed by atoms with Gasteiger partial charge in [0.05, 0.1) is 5.56 Å². The van der Waals surface area contributed by atoms with Crippen molar-refractivity contribution in [3.05, 3.63) is 65.5 Å². The van der Waals surface area contributed by atoms with E-state index in [2.05, 4.69) is 0 Å². The second-order valence-electron chi connectivity index (χ2n) is 4.27. The molecule has 0 aliphatic heterocycles. The van der Waals surface area contributed by atoms with Crippen molar-refractivity contribution in [1.29, 1.82) is 0 Å². The van der Waals surface area contributed by atoms with Gasteiger partial charge in [0.1, 0.15) is 11.6 Å². The summed E-state index contributed by atoms with van der Waals surface area (Å²) in [5.41, 5.74) is 0.575. The molecule has 0 bridgehead atoms. The maximum absolute atomic E-state index is 13.4. The standard InChI is InChI=1S/C16H13FO3/c1-11(18)12-6-8-13(9-7-12)20-10-16(19)14-4-2-3-5-15(14)17/h2-9H,10H2,1H3. The molecule has 20 heavy (non-hydrogen) atoms. The van der Waals surface area contributed by atoms with Crippen molar-refractivity contribution in [3.8, 4) is 5.75 Å². The molecule has 0 radical (unpaired) electrons. The van der Waals surface area contributed by atoms with Crippen LogP contribution in [0.15, 0.2) is 48.5 Å². The Morgan fingerprint density at radius 1 is 1.05 bits per heavy atom. The summed E-state index contributed by atoms with van der Waals surface area (Å²) in [6.07, 6.45) is 0. The van der Waals surface area contributed by atoms with E-state index in [0.29, 0.717) is 11.3 Å². The normalized spacial score (nSPS) is 10.1. The number of hydrogen-bond donors (Lipinski definition) is 0. The number of halogens is 1. The van der Waals surface area contributed by atoms with Gasteiger partial charge in [-0.3, -0.25) is 9.59 Å². The Bertz CT molecular complexity index is 632. The highest BCUT2D eigenvalue weighted by atomic mass is 19.1. The average molecular weight is 272 g/mol. The zero-order valence-electron chi connectivity index (χ0n) is 10.9. The first-order valence-electron chi connectivity index (χ1n) is 6.09. The number of benzene rings is 2. The molecule has 0 unspecified atom stereocenters. The minimum absolute atomic E-state index is 0.00727. The number of ether oxygens (including phenoxy) is 1. The smallest absolute Gasteiger partial charge is 0.203 e. The molecule has 2 rings (SSSR count). The van der Waals surface area contributed by atoms with Crippen LogP contribution in [0.1, 0.15) is 27.6 Å². The summed E-state index contributed by atoms with van der Waals surface area (Å²) < 4.78 is 18.7. The highest BCUT2D eigenvalue weighted by Crippen LogP contribution is 2.14. The first-order valence-corrected chi connectivity index (χ1v) is 6.09. The van der Waals surface area contributed by atoms with Gasteiger partial charge in [0, 0.05) is 5.56 Å². The first kappa shape index (κ1) is 13.9. The van der Waals surface area contributed by atoms with Gasteiger partial charge in [-0.2, -0.15) is 0 Å². The number of carbonyl (C=O) groups excluding carboxylic acids is 2. The molecule has 0 amide bonds. The Labute approximate surface area is 116 Å². The van der Waals surface area contributed by atoms with Crippen molar-refractivity contribution < 1.29 is 18.7 Å². The Balaban J connectivity index is 2.00. The predicted octanol–water partition coefficient (Wildman–Crippen LogP) is 3.29. The van der Waals surface area contributed by atoms with Crippen LogP contribution in [0.2, 0.25) is 0 Å². The monoisotopic (exact) mass is 272 g/mol. The lowest BCUT2D eigenvalue weighted by atomic mass is 10.1. The van der Waals surface area contributed by atoms with Crippen molar-refractivity contribution in [3.63, 3.8) is 0 Å². The summed E-state index contributed by atoms with van der Waals surface area (Å²) in [5, 5.41) is 0. The van der Waals surface area contributed by atoms with Crippen molar-refractivity contribution in [2.45, 2.75) is 6.92 Å². The van der Waals surface area contributed by atoms with Crippen molar-refractivity contribution >= 4 is 11.6 Å². The quantitative estimate of drug-likeness (QED) is 0.784. The third-order valence-corrected chi connectivity index (χ3v) is 2.81. The molecule has 2 aromatic rings. The lowest BCUT2D eigenvalue weighted by Crippen LogP contribution is -2.13. The van der Waals surface area contributed by atoms with E-state index in [0.717, 1.165) is 0 Å². The van der Waals surface area contributed by atoms with E-state index in [1.54, 1.807) is 30.3 Å². The van der Waals surface area contributed by atoms with Crippen LogP contribution in [-0.4, -0.2) is 18.2 Å². The predicted molar refractivity (Wildman–Crippen MR) is 72.7 cm³/mol. The molecule has 0 aliphatic rings. The van der Waals surface area contributed by atoms with Gasteiger partial charge in [0.2, 0.25) is 5.78 Å². The Morgan fingerprint density at radius 3 is 2.30 bits per heavy atom. The first-order chi connectivity index (χ1) is 9.58. The molecule has 4 heteroatoms. The van der Waals surface area contributed by atoms with E-state index in [9.17, 15) is 14.0 Å². The van der Waals surface area contributed by atoms with Gasteiger partial charge in [-0.1, -0.05) is 12.1 Å². The average Bonchev–Trinajstić information content (AvgIpc) is 2.45. The van der Waals surface area contributed by atoms with Crippen LogP contribution in [0.4, 0.5) is 4.39 Å². The number of carbonyl (C=O) groups is 2. The van der Waals surface area contributed by atoms with Gasteiger partial charge in [-0.25, -0.2) is 4.39 Å². The van der Waals surface area contributed by atoms with E-state index in [1.807, 2.05) is 0 Å². The summed E-state index contributed by atoms with van der Waals surface area (Å²) in [6.45, 7) is 1.22. The van der Waals surface area contributed by atoms with Gasteiger partial charge in [0.25, 0.3) is 0 Å². The van der Waals surface area contributed by atoms with Crippen LogP contribution in [0.25, 0.3) is 0 Å². The molecule has 0 spiro atoms. The topological polar surface area (TPSA) is 43.4 Å². The van der Waals surface area contributed by atoms with E-state index in [1.165, 1.54) is 25.1 Å². The molecule has 2 aromatic carbocycles. The van der Waals surface area contributed by atoms with Crippen LogP contribution in [0.3, 0.4) is 0 Å². The Kier molecular flexibility index (Phi) is 4.25. The largest absolute Gasteiger partial charge is 0.485 e. The third kappa shape index (κ3) is 3.29. The minimum atomic E-state index is -0.562. The molecule has 0 aliphatic carbocycles. The molecule has 0 saturated heterocycles. The van der Waals surface area contributed by atoms with Crippen LogP contribution < -0.4 is 4.74 Å². The summed E-state index contributed by atoms with van der Waals surface area (Å²) >= 11 is 0. The number of ketones is 2. The van der Waals surface area contributed by atoms with Gasteiger partial charge in [-0.05, 0) is 43.3 Å². The van der Waals surface area contributed by atoms with Gasteiger partial charge < -0.3 is 4.74 Å². The SMILES string of the molecule is CC(=O)c1ccc(OCC(=O)c2ccccc2F)cc1. The van der Waals surface area contributed by atoms with Gasteiger partial charge in [-0.15, -0.1) is 0 Å². The van der Waals surface area contributed by atoms with Crippen LogP contribution in [0, 0.1) is 5.82 Å². The molecular weight excluding hydrogens is 259 g/mol. The zero-order valence-corrected chi connectivity index (χ0v) is 10.9. The number of Topliss-reactive ketones (excluding diaryl/α,β-unsaturated/α-hetero) is 2. The van der Waals surface area contributed by atoms with E-state index < -0.39 is 11.6 Å². The minimum Gasteiger partial charge on any atom is -0.485 e. The molecule has 0 N–H and O–H groups in total. The van der Waals surface area contributed by atoms with E-state index in [4.69, 9.17) is 4.74 Å². The maximum Gasteiger partial charge on any atom is 0.203 e. The molecule has 0 aromatic heterocycles. The molecule has 102 valence electrons. The summed E-state index contributed by atoms with van der Waals surface area (Å²) in [5.74, 6) is -0.578. The molecular formula is C16H13FO3. The molecule has 3 nitrogen and oxygen atoms in total. The van der Waals surface area contributed by atoms with Crippen molar-refractivity contribution in [2.24, 2.45) is 0 Å². The van der Waals surface area contributed by atoms with E-state index >= 15 is 0 Å². The lowest BCUT2D eigenvalue weighted by Gasteiger charge is -2.06. The van der Waals surface area contributed by atoms with Crippen LogP contribution in [0.5, 0.6) is 5.75 Å². The molecule has 0 heterocycles. The third-order valence-electron chi connectivity index (χ3n) is 2.81. The maximum atomic E-state index is 13.4. The summed E-state index contributed by atoms with van der Waals surface area (Å²) in [6, 6.07) is 12.2. The lowest BCUT2D eigenvalue weighted by molar-refractivity contribution is 0.0916. The second kappa shape index (κ2) is 6.10. The van der Waals surface area contributed by atoms with Gasteiger partial charge in [0.15, 0.2) is 12.4 Å². The zero-order chi connectivity index (χ0) is 14.5.